The van der Waals surface area contributed by atoms with Crippen LogP contribution in [0.2, 0.25) is 0 Å². The van der Waals surface area contributed by atoms with E-state index in [4.69, 9.17) is 5.26 Å². The molecule has 0 bridgehead atoms. The molecule has 0 spiro atoms. The number of carbonyl (C=O) groups excluding carboxylic acids is 1. The molecule has 1 aliphatic heterocycles. The Morgan fingerprint density at radius 2 is 2.28 bits per heavy atom. The fourth-order valence-corrected chi connectivity index (χ4v) is 2.15. The molecule has 0 saturated carbocycles. The summed E-state index contributed by atoms with van der Waals surface area (Å²) >= 11 is 0. The lowest BCUT2D eigenvalue weighted by Crippen LogP contribution is -2.35. The minimum Gasteiger partial charge on any atom is -0.326 e. The average molecular weight is 250 g/mol. The van der Waals surface area contributed by atoms with Gasteiger partial charge in [0, 0.05) is 12.1 Å². The van der Waals surface area contributed by atoms with E-state index in [9.17, 15) is 13.6 Å². The summed E-state index contributed by atoms with van der Waals surface area (Å²) in [5.41, 5.74) is 0.0311. The van der Waals surface area contributed by atoms with Crippen LogP contribution in [-0.4, -0.2) is 23.4 Å². The van der Waals surface area contributed by atoms with Crippen LogP contribution in [0.3, 0.4) is 0 Å². The molecular formula is C13H12F2N2O. The molecule has 0 N–H and O–H groups in total. The van der Waals surface area contributed by atoms with Crippen molar-refractivity contribution < 1.29 is 13.6 Å². The van der Waals surface area contributed by atoms with Gasteiger partial charge in [0.2, 0.25) is 5.91 Å². The summed E-state index contributed by atoms with van der Waals surface area (Å²) < 4.78 is 26.4. The van der Waals surface area contributed by atoms with Crippen LogP contribution in [0.1, 0.15) is 18.4 Å². The Labute approximate surface area is 104 Å². The highest BCUT2D eigenvalue weighted by atomic mass is 19.2. The van der Waals surface area contributed by atoms with Crippen LogP contribution >= 0.6 is 0 Å². The molecule has 0 aliphatic carbocycles. The topological polar surface area (TPSA) is 44.1 Å². The normalized spacial score (nSPS) is 18.7. The summed E-state index contributed by atoms with van der Waals surface area (Å²) in [6.07, 6.45) is 1.21. The summed E-state index contributed by atoms with van der Waals surface area (Å²) in [4.78, 5) is 13.4. The molecule has 1 atom stereocenters. The van der Waals surface area contributed by atoms with E-state index in [1.807, 2.05) is 6.07 Å². The number of benzene rings is 1. The fraction of sp³-hybridized carbons (Fsp3) is 0.385. The lowest BCUT2D eigenvalue weighted by Gasteiger charge is -2.19. The number of likely N-dealkylation sites (tertiary alicyclic amines) is 1. The first-order valence-electron chi connectivity index (χ1n) is 5.75. The Balaban J connectivity index is 2.12. The van der Waals surface area contributed by atoms with Gasteiger partial charge in [0.1, 0.15) is 6.04 Å². The molecule has 1 amide bonds. The summed E-state index contributed by atoms with van der Waals surface area (Å²) in [6, 6.07) is 5.37. The maximum atomic E-state index is 13.4. The van der Waals surface area contributed by atoms with Gasteiger partial charge in [-0.2, -0.15) is 5.26 Å². The number of rotatable bonds is 2. The highest BCUT2D eigenvalue weighted by Gasteiger charge is 2.28. The maximum absolute atomic E-state index is 13.4. The van der Waals surface area contributed by atoms with E-state index in [1.54, 1.807) is 0 Å². The SMILES string of the molecule is N#CC1CCCN1C(=O)Cc1cccc(F)c1F. The lowest BCUT2D eigenvalue weighted by atomic mass is 10.1. The van der Waals surface area contributed by atoms with Gasteiger partial charge in [-0.25, -0.2) is 8.78 Å². The van der Waals surface area contributed by atoms with Crippen molar-refractivity contribution in [2.75, 3.05) is 6.54 Å². The van der Waals surface area contributed by atoms with Gasteiger partial charge in [0.05, 0.1) is 12.5 Å². The quantitative estimate of drug-likeness (QED) is 0.806. The van der Waals surface area contributed by atoms with Crippen LogP contribution in [0, 0.1) is 23.0 Å². The van der Waals surface area contributed by atoms with Crippen molar-refractivity contribution in [2.24, 2.45) is 0 Å². The third kappa shape index (κ3) is 2.33. The van der Waals surface area contributed by atoms with Crippen LogP contribution in [0.4, 0.5) is 8.78 Å². The zero-order valence-corrected chi connectivity index (χ0v) is 9.70. The average Bonchev–Trinajstić information content (AvgIpc) is 2.83. The van der Waals surface area contributed by atoms with Crippen LogP contribution in [0.25, 0.3) is 0 Å². The van der Waals surface area contributed by atoms with Crippen molar-refractivity contribution in [3.63, 3.8) is 0 Å². The molecule has 2 rings (SSSR count). The van der Waals surface area contributed by atoms with Gasteiger partial charge in [-0.3, -0.25) is 4.79 Å². The van der Waals surface area contributed by atoms with Crippen molar-refractivity contribution in [3.8, 4) is 6.07 Å². The molecule has 3 nitrogen and oxygen atoms in total. The van der Waals surface area contributed by atoms with Crippen molar-refractivity contribution in [1.29, 1.82) is 5.26 Å². The number of hydrogen-bond acceptors (Lipinski definition) is 2. The largest absolute Gasteiger partial charge is 0.326 e. The molecule has 1 unspecified atom stereocenters. The molecule has 1 heterocycles. The number of hydrogen-bond donors (Lipinski definition) is 0. The van der Waals surface area contributed by atoms with Crippen molar-refractivity contribution in [1.82, 2.24) is 4.90 Å². The number of amides is 1. The van der Waals surface area contributed by atoms with Gasteiger partial charge >= 0.3 is 0 Å². The molecule has 1 aromatic rings. The van der Waals surface area contributed by atoms with E-state index in [-0.39, 0.29) is 17.9 Å². The Morgan fingerprint density at radius 3 is 3.00 bits per heavy atom. The van der Waals surface area contributed by atoms with Crippen molar-refractivity contribution >= 4 is 5.91 Å². The number of halogens is 2. The Kier molecular flexibility index (Phi) is 3.56. The van der Waals surface area contributed by atoms with Gasteiger partial charge < -0.3 is 4.90 Å². The smallest absolute Gasteiger partial charge is 0.228 e. The van der Waals surface area contributed by atoms with Crippen LogP contribution in [0.15, 0.2) is 18.2 Å². The Morgan fingerprint density at radius 1 is 1.50 bits per heavy atom. The molecule has 1 saturated heterocycles. The van der Waals surface area contributed by atoms with Gasteiger partial charge in [-0.15, -0.1) is 0 Å². The van der Waals surface area contributed by atoms with Gasteiger partial charge in [0.25, 0.3) is 0 Å². The van der Waals surface area contributed by atoms with Crippen LogP contribution < -0.4 is 0 Å². The third-order valence-corrected chi connectivity index (χ3v) is 3.10. The van der Waals surface area contributed by atoms with Gasteiger partial charge in [-0.1, -0.05) is 12.1 Å². The van der Waals surface area contributed by atoms with Crippen molar-refractivity contribution in [3.05, 3.63) is 35.4 Å². The summed E-state index contributed by atoms with van der Waals surface area (Å²) in [7, 11) is 0. The molecule has 18 heavy (non-hydrogen) atoms. The zero-order valence-electron chi connectivity index (χ0n) is 9.70. The molecule has 1 fully saturated rings. The molecule has 0 radical (unpaired) electrons. The standard InChI is InChI=1S/C13H12F2N2O/c14-11-5-1-3-9(13(11)15)7-12(18)17-6-2-4-10(17)8-16/h1,3,5,10H,2,4,6-7H2. The van der Waals surface area contributed by atoms with E-state index < -0.39 is 17.7 Å². The lowest BCUT2D eigenvalue weighted by molar-refractivity contribution is -0.130. The monoisotopic (exact) mass is 250 g/mol. The van der Waals surface area contributed by atoms with Crippen LogP contribution in [-0.2, 0) is 11.2 Å². The second kappa shape index (κ2) is 5.13. The first-order valence-corrected chi connectivity index (χ1v) is 5.75. The summed E-state index contributed by atoms with van der Waals surface area (Å²) in [5, 5.41) is 8.87. The van der Waals surface area contributed by atoms with Crippen molar-refractivity contribution in [2.45, 2.75) is 25.3 Å². The molecular weight excluding hydrogens is 238 g/mol. The predicted molar refractivity (Wildman–Crippen MR) is 60.4 cm³/mol. The first kappa shape index (κ1) is 12.5. The first-order chi connectivity index (χ1) is 8.63. The second-order valence-electron chi connectivity index (χ2n) is 4.26. The summed E-state index contributed by atoms with van der Waals surface area (Å²) in [5.74, 6) is -2.28. The number of carbonyl (C=O) groups is 1. The fourth-order valence-electron chi connectivity index (χ4n) is 2.15. The Hall–Kier alpha value is -1.96. The Bertz CT molecular complexity index is 510. The molecule has 94 valence electrons. The number of nitriles is 1. The van der Waals surface area contributed by atoms with E-state index in [2.05, 4.69) is 0 Å². The summed E-state index contributed by atoms with van der Waals surface area (Å²) in [6.45, 7) is 0.508. The van der Waals surface area contributed by atoms with E-state index in [1.165, 1.54) is 17.0 Å². The number of nitrogens with zero attached hydrogens (tertiary/aromatic N) is 2. The van der Waals surface area contributed by atoms with Gasteiger partial charge in [0.15, 0.2) is 11.6 Å². The highest BCUT2D eigenvalue weighted by Crippen LogP contribution is 2.19. The maximum Gasteiger partial charge on any atom is 0.228 e. The highest BCUT2D eigenvalue weighted by molar-refractivity contribution is 5.79. The molecule has 1 aromatic carbocycles. The van der Waals surface area contributed by atoms with E-state index >= 15 is 0 Å². The molecule has 5 heteroatoms. The van der Waals surface area contributed by atoms with Gasteiger partial charge in [-0.05, 0) is 18.9 Å². The predicted octanol–water partition coefficient (Wildman–Crippen LogP) is 2.02. The molecule has 1 aliphatic rings. The zero-order chi connectivity index (χ0) is 13.1. The third-order valence-electron chi connectivity index (χ3n) is 3.10. The van der Waals surface area contributed by atoms with Crippen LogP contribution in [0.5, 0.6) is 0 Å². The minimum atomic E-state index is -0.987. The second-order valence-corrected chi connectivity index (χ2v) is 4.26. The molecule has 0 aromatic heterocycles. The van der Waals surface area contributed by atoms with E-state index in [0.717, 1.165) is 12.5 Å². The minimum absolute atomic E-state index is 0.0311. The van der Waals surface area contributed by atoms with E-state index in [0.29, 0.717) is 13.0 Å².